The van der Waals surface area contributed by atoms with Crippen molar-refractivity contribution < 1.29 is 9.53 Å². The maximum atomic E-state index is 12.8. The zero-order chi connectivity index (χ0) is 24.7. The molecule has 0 atom stereocenters. The van der Waals surface area contributed by atoms with Crippen molar-refractivity contribution in [3.63, 3.8) is 0 Å². The number of methoxy groups -OCH3 is 1. The van der Waals surface area contributed by atoms with Crippen LogP contribution in [0, 0.1) is 0 Å². The van der Waals surface area contributed by atoms with Crippen LogP contribution in [0.25, 0.3) is 10.6 Å². The Morgan fingerprint density at radius 2 is 1.81 bits per heavy atom. The van der Waals surface area contributed by atoms with Crippen molar-refractivity contribution in [2.24, 2.45) is 0 Å². The van der Waals surface area contributed by atoms with Gasteiger partial charge in [-0.15, -0.1) is 11.3 Å². The predicted octanol–water partition coefficient (Wildman–Crippen LogP) is 5.83. The lowest BCUT2D eigenvalue weighted by Gasteiger charge is -2.34. The average molecular weight is 499 g/mol. The molecule has 2 heterocycles. The van der Waals surface area contributed by atoms with E-state index in [0.717, 1.165) is 54.6 Å². The number of nitrogens with one attached hydrogen (secondary N) is 2. The Bertz CT molecular complexity index is 1300. The van der Waals surface area contributed by atoms with Crippen molar-refractivity contribution in [1.82, 2.24) is 10.3 Å². The summed E-state index contributed by atoms with van der Waals surface area (Å²) >= 11 is 1.70. The number of rotatable bonds is 8. The third-order valence-corrected chi connectivity index (χ3v) is 7.40. The minimum absolute atomic E-state index is 0.176. The Morgan fingerprint density at radius 3 is 2.61 bits per heavy atom. The first-order valence-electron chi connectivity index (χ1n) is 12.2. The number of nitrogens with zero attached hydrogens (tertiary/aromatic N) is 2. The van der Waals surface area contributed by atoms with Crippen LogP contribution in [0.15, 0.2) is 84.2 Å². The van der Waals surface area contributed by atoms with Crippen molar-refractivity contribution in [2.75, 3.05) is 30.4 Å². The summed E-state index contributed by atoms with van der Waals surface area (Å²) in [5.41, 5.74) is 4.69. The lowest BCUT2D eigenvalue weighted by molar-refractivity contribution is 0.102. The molecule has 1 aliphatic rings. The third kappa shape index (κ3) is 5.75. The number of aromatic nitrogens is 1. The molecule has 184 valence electrons. The van der Waals surface area contributed by atoms with Gasteiger partial charge in [0.1, 0.15) is 10.8 Å². The van der Waals surface area contributed by atoms with E-state index in [2.05, 4.69) is 39.1 Å². The number of benzene rings is 3. The van der Waals surface area contributed by atoms with Crippen LogP contribution < -0.4 is 20.3 Å². The molecule has 36 heavy (non-hydrogen) atoms. The van der Waals surface area contributed by atoms with Crippen LogP contribution in [0.2, 0.25) is 0 Å². The summed E-state index contributed by atoms with van der Waals surface area (Å²) < 4.78 is 5.32. The van der Waals surface area contributed by atoms with Gasteiger partial charge in [0.15, 0.2) is 0 Å². The van der Waals surface area contributed by atoms with Crippen LogP contribution in [-0.4, -0.2) is 37.1 Å². The van der Waals surface area contributed by atoms with Gasteiger partial charge in [-0.3, -0.25) is 4.79 Å². The molecule has 3 aromatic carbocycles. The molecule has 1 aromatic heterocycles. The van der Waals surface area contributed by atoms with Gasteiger partial charge in [0.05, 0.1) is 18.4 Å². The summed E-state index contributed by atoms with van der Waals surface area (Å²) in [6.07, 6.45) is 2.13. The summed E-state index contributed by atoms with van der Waals surface area (Å²) in [6, 6.07) is 26.1. The quantitative estimate of drug-likeness (QED) is 0.320. The number of piperidine rings is 1. The molecule has 4 aromatic rings. The monoisotopic (exact) mass is 498 g/mol. The second kappa shape index (κ2) is 11.4. The fourth-order valence-corrected chi connectivity index (χ4v) is 5.33. The molecule has 0 unspecified atom stereocenters. The Hall–Kier alpha value is -3.68. The molecule has 1 saturated heterocycles. The van der Waals surface area contributed by atoms with Gasteiger partial charge < -0.3 is 20.3 Å². The zero-order valence-corrected chi connectivity index (χ0v) is 21.1. The van der Waals surface area contributed by atoms with Gasteiger partial charge in [-0.05, 0) is 43.2 Å². The predicted molar refractivity (Wildman–Crippen MR) is 147 cm³/mol. The van der Waals surface area contributed by atoms with Crippen LogP contribution in [0.3, 0.4) is 0 Å². The SMILES string of the molecule is COc1ccccc1C(=O)Nc1cccc(N2CCC(NCc3csc(-c4ccccc4)n3)CC2)c1. The largest absolute Gasteiger partial charge is 0.496 e. The Morgan fingerprint density at radius 1 is 1.03 bits per heavy atom. The van der Waals surface area contributed by atoms with Crippen LogP contribution in [0.1, 0.15) is 28.9 Å². The van der Waals surface area contributed by atoms with Crippen LogP contribution in [0.5, 0.6) is 5.75 Å². The van der Waals surface area contributed by atoms with Gasteiger partial charge >= 0.3 is 0 Å². The highest BCUT2D eigenvalue weighted by atomic mass is 32.1. The summed E-state index contributed by atoms with van der Waals surface area (Å²) in [4.78, 5) is 20.0. The molecule has 0 saturated carbocycles. The number of amides is 1. The standard InChI is InChI=1S/C29H30N4O2S/c1-35-27-13-6-5-12-26(27)28(34)31-23-10-7-11-25(18-23)33-16-14-22(15-17-33)30-19-24-20-36-29(32-24)21-8-3-2-4-9-21/h2-13,18,20,22,30H,14-17,19H2,1H3,(H,31,34). The highest BCUT2D eigenvalue weighted by molar-refractivity contribution is 7.13. The number of anilines is 2. The molecule has 1 fully saturated rings. The normalized spacial score (nSPS) is 14.0. The van der Waals surface area contributed by atoms with E-state index in [1.54, 1.807) is 30.6 Å². The first-order chi connectivity index (χ1) is 17.7. The molecule has 0 aliphatic carbocycles. The van der Waals surface area contributed by atoms with E-state index < -0.39 is 0 Å². The first-order valence-corrected chi connectivity index (χ1v) is 13.1. The second-order valence-electron chi connectivity index (χ2n) is 8.86. The number of para-hydroxylation sites is 1. The van der Waals surface area contributed by atoms with E-state index in [4.69, 9.17) is 9.72 Å². The Kier molecular flexibility index (Phi) is 7.59. The van der Waals surface area contributed by atoms with Gasteiger partial charge in [-0.2, -0.15) is 0 Å². The van der Waals surface area contributed by atoms with E-state index in [1.165, 1.54) is 5.56 Å². The van der Waals surface area contributed by atoms with Crippen LogP contribution in [0.4, 0.5) is 11.4 Å². The van der Waals surface area contributed by atoms with Crippen molar-refractivity contribution >= 4 is 28.6 Å². The molecule has 7 heteroatoms. The van der Waals surface area contributed by atoms with Gasteiger partial charge in [0.2, 0.25) is 0 Å². The summed E-state index contributed by atoms with van der Waals surface area (Å²) in [7, 11) is 1.57. The molecular weight excluding hydrogens is 468 g/mol. The van der Waals surface area contributed by atoms with E-state index >= 15 is 0 Å². The molecule has 5 rings (SSSR count). The van der Waals surface area contributed by atoms with E-state index in [9.17, 15) is 4.79 Å². The van der Waals surface area contributed by atoms with Gasteiger partial charge in [-0.25, -0.2) is 4.98 Å². The summed E-state index contributed by atoms with van der Waals surface area (Å²) in [6.45, 7) is 2.72. The molecule has 1 aliphatic heterocycles. The fourth-order valence-electron chi connectivity index (χ4n) is 4.50. The number of hydrogen-bond acceptors (Lipinski definition) is 6. The lowest BCUT2D eigenvalue weighted by atomic mass is 10.0. The van der Waals surface area contributed by atoms with E-state index in [0.29, 0.717) is 17.4 Å². The van der Waals surface area contributed by atoms with Crippen molar-refractivity contribution in [1.29, 1.82) is 0 Å². The van der Waals surface area contributed by atoms with E-state index in [-0.39, 0.29) is 5.91 Å². The van der Waals surface area contributed by atoms with Crippen LogP contribution >= 0.6 is 11.3 Å². The van der Waals surface area contributed by atoms with Crippen molar-refractivity contribution in [2.45, 2.75) is 25.4 Å². The minimum Gasteiger partial charge on any atom is -0.496 e. The molecule has 2 N–H and O–H groups in total. The lowest BCUT2D eigenvalue weighted by Crippen LogP contribution is -2.42. The van der Waals surface area contributed by atoms with Gasteiger partial charge in [0, 0.05) is 48.0 Å². The highest BCUT2D eigenvalue weighted by Crippen LogP contribution is 2.26. The fraction of sp³-hybridized carbons (Fsp3) is 0.241. The maximum absolute atomic E-state index is 12.8. The second-order valence-corrected chi connectivity index (χ2v) is 9.72. The summed E-state index contributed by atoms with van der Waals surface area (Å²) in [5, 5.41) is 9.92. The number of hydrogen-bond donors (Lipinski definition) is 2. The first kappa shape index (κ1) is 24.0. The molecule has 6 nitrogen and oxygen atoms in total. The number of carbonyl (C=O) groups is 1. The van der Waals surface area contributed by atoms with Gasteiger partial charge in [-0.1, -0.05) is 48.5 Å². The maximum Gasteiger partial charge on any atom is 0.259 e. The molecule has 0 radical (unpaired) electrons. The summed E-state index contributed by atoms with van der Waals surface area (Å²) in [5.74, 6) is 0.389. The van der Waals surface area contributed by atoms with Crippen molar-refractivity contribution in [3.8, 4) is 16.3 Å². The molecule has 0 spiro atoms. The zero-order valence-electron chi connectivity index (χ0n) is 20.3. The molecular formula is C29H30N4O2S. The third-order valence-electron chi connectivity index (χ3n) is 6.46. The average Bonchev–Trinajstić information content (AvgIpc) is 3.42. The van der Waals surface area contributed by atoms with E-state index in [1.807, 2.05) is 48.5 Å². The Balaban J connectivity index is 1.13. The minimum atomic E-state index is -0.176. The number of ether oxygens (including phenoxy) is 1. The number of thiazole rings is 1. The number of carbonyl (C=O) groups excluding carboxylic acids is 1. The topological polar surface area (TPSA) is 66.5 Å². The van der Waals surface area contributed by atoms with Crippen LogP contribution in [-0.2, 0) is 6.54 Å². The Labute approximate surface area is 216 Å². The molecule has 0 bridgehead atoms. The smallest absolute Gasteiger partial charge is 0.259 e. The van der Waals surface area contributed by atoms with Gasteiger partial charge in [0.25, 0.3) is 5.91 Å². The molecule has 1 amide bonds. The van der Waals surface area contributed by atoms with Crippen molar-refractivity contribution in [3.05, 3.63) is 95.5 Å². The highest BCUT2D eigenvalue weighted by Gasteiger charge is 2.20.